The molecular weight excluding hydrogens is 392 g/mol. The van der Waals surface area contributed by atoms with E-state index in [9.17, 15) is 10.2 Å². The molecule has 2 rings (SSSR count). The Morgan fingerprint density at radius 1 is 1.25 bits per heavy atom. The molecule has 2 fully saturated rings. The van der Waals surface area contributed by atoms with Crippen LogP contribution in [0, 0.1) is 23.2 Å². The highest BCUT2D eigenvalue weighted by Crippen LogP contribution is 2.59. The minimum absolute atomic E-state index is 0.412. The summed E-state index contributed by atoms with van der Waals surface area (Å²) in [4.78, 5) is 0. The molecule has 0 aliphatic heterocycles. The lowest BCUT2D eigenvalue weighted by Crippen LogP contribution is -2.36. The van der Waals surface area contributed by atoms with Crippen molar-refractivity contribution in [3.8, 4) is 0 Å². The molecule has 0 saturated heterocycles. The van der Waals surface area contributed by atoms with Crippen molar-refractivity contribution in [2.24, 2.45) is 23.2 Å². The first-order valence-electron chi connectivity index (χ1n) is 13.5. The fraction of sp³-hybridized carbons (Fsp3) is 0.800. The summed E-state index contributed by atoms with van der Waals surface area (Å²) < 4.78 is 0. The second kappa shape index (κ2) is 12.0. The van der Waals surface area contributed by atoms with Crippen molar-refractivity contribution in [3.05, 3.63) is 35.5 Å². The average molecular weight is 445 g/mol. The Labute approximate surface area is 199 Å². The van der Waals surface area contributed by atoms with Crippen LogP contribution in [0.5, 0.6) is 0 Å². The van der Waals surface area contributed by atoms with E-state index in [-0.39, 0.29) is 0 Å². The van der Waals surface area contributed by atoms with Gasteiger partial charge in [-0.05, 0) is 106 Å². The van der Waals surface area contributed by atoms with E-state index in [2.05, 4.69) is 39.5 Å². The summed E-state index contributed by atoms with van der Waals surface area (Å²) in [6.07, 6.45) is 18.1. The van der Waals surface area contributed by atoms with Crippen molar-refractivity contribution in [3.63, 3.8) is 0 Å². The molecule has 0 amide bonds. The van der Waals surface area contributed by atoms with Gasteiger partial charge in [0.2, 0.25) is 0 Å². The van der Waals surface area contributed by atoms with Gasteiger partial charge in [-0.3, -0.25) is 0 Å². The molecule has 0 aromatic rings. The average Bonchev–Trinajstić information content (AvgIpc) is 3.09. The Bertz CT molecular complexity index is 665. The second-order valence-corrected chi connectivity index (χ2v) is 11.8. The van der Waals surface area contributed by atoms with Crippen molar-refractivity contribution >= 4 is 0 Å². The molecule has 2 saturated carbocycles. The van der Waals surface area contributed by atoms with Gasteiger partial charge in [0.15, 0.2) is 0 Å². The summed E-state index contributed by atoms with van der Waals surface area (Å²) in [5, 5.41) is 20.4. The van der Waals surface area contributed by atoms with Gasteiger partial charge < -0.3 is 10.2 Å². The number of aliphatic hydroxyl groups excluding tert-OH is 1. The Kier molecular flexibility index (Phi) is 10.3. The molecule has 2 N–H and O–H groups in total. The van der Waals surface area contributed by atoms with Crippen LogP contribution in [0.15, 0.2) is 35.5 Å². The smallest absolute Gasteiger partial charge is 0.0784 e. The van der Waals surface area contributed by atoms with Gasteiger partial charge in [-0.1, -0.05) is 71.3 Å². The molecule has 0 bridgehead atoms. The lowest BCUT2D eigenvalue weighted by atomic mass is 9.60. The van der Waals surface area contributed by atoms with E-state index in [1.807, 2.05) is 20.8 Å². The molecule has 0 radical (unpaired) electrons. The maximum atomic E-state index is 10.4. The Morgan fingerprint density at radius 3 is 2.59 bits per heavy atom. The number of allylic oxidation sites excluding steroid dienone is 3. The zero-order valence-electron chi connectivity index (χ0n) is 22.1. The molecule has 2 aliphatic carbocycles. The molecule has 0 aromatic heterocycles. The maximum Gasteiger partial charge on any atom is 0.0784 e. The summed E-state index contributed by atoms with van der Waals surface area (Å²) in [5.41, 5.74) is 3.67. The van der Waals surface area contributed by atoms with Crippen molar-refractivity contribution < 1.29 is 10.2 Å². The highest BCUT2D eigenvalue weighted by atomic mass is 16.3. The summed E-state index contributed by atoms with van der Waals surface area (Å²) in [7, 11) is 0. The minimum atomic E-state index is -0.542. The molecule has 2 nitrogen and oxygen atoms in total. The van der Waals surface area contributed by atoms with E-state index >= 15 is 0 Å². The normalized spacial score (nSPS) is 29.8. The van der Waals surface area contributed by atoms with Gasteiger partial charge in [-0.2, -0.15) is 0 Å². The van der Waals surface area contributed by atoms with Crippen LogP contribution in [0.1, 0.15) is 119 Å². The van der Waals surface area contributed by atoms with Gasteiger partial charge in [0.05, 0.1) is 11.7 Å². The van der Waals surface area contributed by atoms with Crippen molar-refractivity contribution in [1.82, 2.24) is 0 Å². The largest absolute Gasteiger partial charge is 0.390 e. The fourth-order valence-corrected chi connectivity index (χ4v) is 6.66. The van der Waals surface area contributed by atoms with Gasteiger partial charge in [0.25, 0.3) is 0 Å². The first-order valence-corrected chi connectivity index (χ1v) is 13.5. The lowest BCUT2D eigenvalue weighted by Gasteiger charge is -2.44. The number of hydrogen-bond acceptors (Lipinski definition) is 2. The summed E-state index contributed by atoms with van der Waals surface area (Å²) >= 11 is 0. The molecule has 0 heterocycles. The number of rotatable bonds is 12. The number of fused-ring (bicyclic) bond motifs is 1. The summed E-state index contributed by atoms with van der Waals surface area (Å²) in [6, 6.07) is 0. The van der Waals surface area contributed by atoms with Crippen LogP contribution in [-0.2, 0) is 0 Å². The number of unbranched alkanes of at least 4 members (excludes halogenated alkanes) is 1. The molecule has 0 spiro atoms. The summed E-state index contributed by atoms with van der Waals surface area (Å²) in [6.45, 7) is 17.4. The molecule has 32 heavy (non-hydrogen) atoms. The lowest BCUT2D eigenvalue weighted by molar-refractivity contribution is 0.0596. The van der Waals surface area contributed by atoms with E-state index in [1.54, 1.807) is 5.57 Å². The van der Waals surface area contributed by atoms with E-state index in [0.717, 1.165) is 55.9 Å². The Hall–Kier alpha value is -0.860. The topological polar surface area (TPSA) is 40.5 Å². The van der Waals surface area contributed by atoms with Crippen LogP contribution in [0.2, 0.25) is 0 Å². The molecular formula is C30H52O2. The van der Waals surface area contributed by atoms with Gasteiger partial charge >= 0.3 is 0 Å². The molecule has 2 aliphatic rings. The van der Waals surface area contributed by atoms with Crippen LogP contribution in [0.3, 0.4) is 0 Å². The van der Waals surface area contributed by atoms with Crippen molar-refractivity contribution in [2.45, 2.75) is 130 Å². The molecule has 2 heteroatoms. The minimum Gasteiger partial charge on any atom is -0.390 e. The zero-order chi connectivity index (χ0) is 23.9. The predicted molar refractivity (Wildman–Crippen MR) is 139 cm³/mol. The summed E-state index contributed by atoms with van der Waals surface area (Å²) in [5.74, 6) is 2.21. The van der Waals surface area contributed by atoms with Crippen LogP contribution < -0.4 is 0 Å². The third kappa shape index (κ3) is 7.07. The highest BCUT2D eigenvalue weighted by molar-refractivity contribution is 5.36. The number of aliphatic hydroxyl groups is 2. The third-order valence-corrected chi connectivity index (χ3v) is 8.67. The molecule has 2 unspecified atom stereocenters. The van der Waals surface area contributed by atoms with E-state index in [0.29, 0.717) is 11.3 Å². The van der Waals surface area contributed by atoms with E-state index in [4.69, 9.17) is 0 Å². The first kappa shape index (κ1) is 27.4. The number of hydrogen-bond donors (Lipinski definition) is 2. The van der Waals surface area contributed by atoms with Gasteiger partial charge in [-0.25, -0.2) is 0 Å². The van der Waals surface area contributed by atoms with Crippen LogP contribution >= 0.6 is 0 Å². The zero-order valence-corrected chi connectivity index (χ0v) is 22.1. The van der Waals surface area contributed by atoms with Gasteiger partial charge in [-0.15, -0.1) is 0 Å². The quantitative estimate of drug-likeness (QED) is 0.298. The Balaban J connectivity index is 2.15. The monoisotopic (exact) mass is 444 g/mol. The molecule has 0 aromatic carbocycles. The van der Waals surface area contributed by atoms with Crippen LogP contribution in [-0.4, -0.2) is 21.9 Å². The highest BCUT2D eigenvalue weighted by Gasteiger charge is 2.50. The second-order valence-electron chi connectivity index (χ2n) is 11.8. The third-order valence-electron chi connectivity index (χ3n) is 8.67. The van der Waals surface area contributed by atoms with Crippen LogP contribution in [0.4, 0.5) is 0 Å². The van der Waals surface area contributed by atoms with Crippen molar-refractivity contribution in [1.29, 1.82) is 0 Å². The van der Waals surface area contributed by atoms with Crippen molar-refractivity contribution in [2.75, 3.05) is 0 Å². The van der Waals surface area contributed by atoms with E-state index in [1.165, 1.54) is 44.1 Å². The first-order chi connectivity index (χ1) is 15.0. The maximum absolute atomic E-state index is 10.4. The molecule has 184 valence electrons. The van der Waals surface area contributed by atoms with Gasteiger partial charge in [0, 0.05) is 0 Å². The fourth-order valence-electron chi connectivity index (χ4n) is 6.66. The van der Waals surface area contributed by atoms with Crippen LogP contribution in [0.25, 0.3) is 0 Å². The SMILES string of the molecule is C=C(/C(=C\C=C1/CCC[C@@]2(C)C1CCC2[C@H](C)CCCC(C)(C)O)CCCC)[C@@H](O)CC. The standard InChI is InChI=1S/C30H52O2/c1-8-10-14-24(23(4)28(31)9-2)16-17-25-15-12-21-30(7)26(18-19-27(25)30)22(3)13-11-20-29(5,6)32/h16-17,22,26-28,31-32H,4,8-15,18-21H2,1-3,5-7H3/b24-16-,25-17+/t22-,26?,27?,28+,30-/m1/s1. The predicted octanol–water partition coefficient (Wildman–Crippen LogP) is 8.15. The Morgan fingerprint density at radius 2 is 1.97 bits per heavy atom. The van der Waals surface area contributed by atoms with E-state index < -0.39 is 11.7 Å². The molecule has 5 atom stereocenters. The van der Waals surface area contributed by atoms with Gasteiger partial charge in [0.1, 0.15) is 0 Å².